The second kappa shape index (κ2) is 9.20. The van der Waals surface area contributed by atoms with Crippen LogP contribution in [0.3, 0.4) is 0 Å². The first-order valence-electron chi connectivity index (χ1n) is 8.98. The quantitative estimate of drug-likeness (QED) is 0.500. The summed E-state index contributed by atoms with van der Waals surface area (Å²) in [5.41, 5.74) is 5.10. The summed E-state index contributed by atoms with van der Waals surface area (Å²) in [6, 6.07) is 8.09. The zero-order valence-electron chi connectivity index (χ0n) is 15.3. The molecule has 1 heterocycles. The molecule has 0 saturated carbocycles. The summed E-state index contributed by atoms with van der Waals surface area (Å²) in [5, 5.41) is 6.55. The van der Waals surface area contributed by atoms with E-state index in [1.54, 1.807) is 13.8 Å². The van der Waals surface area contributed by atoms with Crippen LogP contribution in [0.4, 0.5) is 5.69 Å². The fourth-order valence-electron chi connectivity index (χ4n) is 2.82. The molecule has 2 amide bonds. The maximum absolute atomic E-state index is 11.7. The lowest BCUT2D eigenvalue weighted by Crippen LogP contribution is -2.41. The number of hydrogen-bond donors (Lipinski definition) is 2. The van der Waals surface area contributed by atoms with E-state index in [0.717, 1.165) is 18.7 Å². The standard InChI is InChI=1S/C19H28N4O2/c1-14(2)20-18(24)19(25)22-21-15(3)16-8-10-17(11-9-16)23-12-6-4-5-7-13-23/h8-11,14H,4-7,12-13H2,1-3H3,(H,20,24)(H,22,25)/b21-15-. The number of carbonyl (C=O) groups is 2. The topological polar surface area (TPSA) is 73.8 Å². The summed E-state index contributed by atoms with van der Waals surface area (Å²) in [7, 11) is 0. The molecule has 1 aromatic rings. The van der Waals surface area contributed by atoms with Crippen LogP contribution in [0.15, 0.2) is 29.4 Å². The lowest BCUT2D eigenvalue weighted by molar-refractivity contribution is -0.139. The number of benzene rings is 1. The first kappa shape index (κ1) is 19.0. The number of hydrogen-bond acceptors (Lipinski definition) is 4. The molecule has 0 aliphatic carbocycles. The summed E-state index contributed by atoms with van der Waals surface area (Å²) in [4.78, 5) is 25.6. The van der Waals surface area contributed by atoms with Crippen molar-refractivity contribution in [1.82, 2.24) is 10.7 Å². The van der Waals surface area contributed by atoms with Gasteiger partial charge in [-0.25, -0.2) is 5.43 Å². The number of nitrogens with zero attached hydrogens (tertiary/aromatic N) is 2. The minimum Gasteiger partial charge on any atom is -0.372 e. The Morgan fingerprint density at radius 2 is 1.60 bits per heavy atom. The molecule has 6 heteroatoms. The van der Waals surface area contributed by atoms with Gasteiger partial charge >= 0.3 is 11.8 Å². The van der Waals surface area contributed by atoms with Gasteiger partial charge < -0.3 is 10.2 Å². The number of nitrogens with one attached hydrogen (secondary N) is 2. The van der Waals surface area contributed by atoms with Crippen molar-refractivity contribution in [2.75, 3.05) is 18.0 Å². The van der Waals surface area contributed by atoms with Crippen molar-refractivity contribution in [3.8, 4) is 0 Å². The Kier molecular flexibility index (Phi) is 6.98. The molecule has 0 aromatic heterocycles. The Balaban J connectivity index is 1.96. The fraction of sp³-hybridized carbons (Fsp3) is 0.526. The monoisotopic (exact) mass is 344 g/mol. The molecule has 6 nitrogen and oxygen atoms in total. The van der Waals surface area contributed by atoms with Crippen LogP contribution in [0.2, 0.25) is 0 Å². The van der Waals surface area contributed by atoms with Crippen molar-refractivity contribution in [1.29, 1.82) is 0 Å². The number of rotatable bonds is 4. The highest BCUT2D eigenvalue weighted by atomic mass is 16.2. The van der Waals surface area contributed by atoms with E-state index in [2.05, 4.69) is 32.9 Å². The molecular formula is C19H28N4O2. The van der Waals surface area contributed by atoms with Crippen LogP contribution in [0.25, 0.3) is 0 Å². The highest BCUT2D eigenvalue weighted by Crippen LogP contribution is 2.20. The molecule has 0 bridgehead atoms. The summed E-state index contributed by atoms with van der Waals surface area (Å²) >= 11 is 0. The van der Waals surface area contributed by atoms with E-state index in [-0.39, 0.29) is 6.04 Å². The van der Waals surface area contributed by atoms with Gasteiger partial charge in [-0.1, -0.05) is 25.0 Å². The number of amides is 2. The average Bonchev–Trinajstić information content (AvgIpc) is 2.88. The van der Waals surface area contributed by atoms with Crippen molar-refractivity contribution in [2.45, 2.75) is 52.5 Å². The number of hydrazone groups is 1. The van der Waals surface area contributed by atoms with Gasteiger partial charge in [0.05, 0.1) is 5.71 Å². The molecule has 1 aliphatic heterocycles. The van der Waals surface area contributed by atoms with E-state index >= 15 is 0 Å². The smallest absolute Gasteiger partial charge is 0.329 e. The third-order valence-electron chi connectivity index (χ3n) is 4.21. The Morgan fingerprint density at radius 3 is 2.16 bits per heavy atom. The Labute approximate surface area is 149 Å². The van der Waals surface area contributed by atoms with Gasteiger partial charge in [-0.2, -0.15) is 5.10 Å². The zero-order chi connectivity index (χ0) is 18.2. The molecule has 0 atom stereocenters. The van der Waals surface area contributed by atoms with Gasteiger partial charge in [-0.15, -0.1) is 0 Å². The van der Waals surface area contributed by atoms with Gasteiger partial charge in [0.1, 0.15) is 0 Å². The third-order valence-corrected chi connectivity index (χ3v) is 4.21. The van der Waals surface area contributed by atoms with E-state index in [1.165, 1.54) is 31.4 Å². The lowest BCUT2D eigenvalue weighted by atomic mass is 10.1. The lowest BCUT2D eigenvalue weighted by Gasteiger charge is -2.22. The van der Waals surface area contributed by atoms with Gasteiger partial charge in [0.2, 0.25) is 0 Å². The molecule has 1 saturated heterocycles. The SMILES string of the molecule is C/C(=N/NC(=O)C(=O)NC(C)C)c1ccc(N2CCCCCC2)cc1. The molecular weight excluding hydrogens is 316 g/mol. The average molecular weight is 344 g/mol. The van der Waals surface area contributed by atoms with Crippen molar-refractivity contribution in [3.63, 3.8) is 0 Å². The molecule has 136 valence electrons. The van der Waals surface area contributed by atoms with Crippen LogP contribution in [0.5, 0.6) is 0 Å². The minimum absolute atomic E-state index is 0.0881. The molecule has 1 fully saturated rings. The van der Waals surface area contributed by atoms with Crippen LogP contribution in [0, 0.1) is 0 Å². The molecule has 2 rings (SSSR count). The van der Waals surface area contributed by atoms with Gasteiger partial charge in [0, 0.05) is 24.8 Å². The number of anilines is 1. The molecule has 25 heavy (non-hydrogen) atoms. The van der Waals surface area contributed by atoms with E-state index in [9.17, 15) is 9.59 Å². The predicted octanol–water partition coefficient (Wildman–Crippen LogP) is 2.43. The molecule has 1 aromatic carbocycles. The van der Waals surface area contributed by atoms with E-state index in [4.69, 9.17) is 0 Å². The summed E-state index contributed by atoms with van der Waals surface area (Å²) in [6.45, 7) is 7.61. The van der Waals surface area contributed by atoms with Crippen LogP contribution >= 0.6 is 0 Å². The molecule has 2 N–H and O–H groups in total. The summed E-state index contributed by atoms with van der Waals surface area (Å²) < 4.78 is 0. The molecule has 0 spiro atoms. The Bertz CT molecular complexity index is 615. The van der Waals surface area contributed by atoms with Gasteiger partial charge in [0.25, 0.3) is 0 Å². The fourth-order valence-corrected chi connectivity index (χ4v) is 2.82. The first-order valence-corrected chi connectivity index (χ1v) is 8.98. The maximum Gasteiger partial charge on any atom is 0.329 e. The van der Waals surface area contributed by atoms with Gasteiger partial charge in [-0.05, 0) is 51.3 Å². The summed E-state index contributed by atoms with van der Waals surface area (Å²) in [6.07, 6.45) is 5.11. The third kappa shape index (κ3) is 5.89. The van der Waals surface area contributed by atoms with Crippen LogP contribution in [-0.2, 0) is 9.59 Å². The molecule has 0 unspecified atom stereocenters. The maximum atomic E-state index is 11.7. The van der Waals surface area contributed by atoms with Gasteiger partial charge in [0.15, 0.2) is 0 Å². The zero-order valence-corrected chi connectivity index (χ0v) is 15.3. The van der Waals surface area contributed by atoms with E-state index < -0.39 is 11.8 Å². The predicted molar refractivity (Wildman–Crippen MR) is 101 cm³/mol. The highest BCUT2D eigenvalue weighted by Gasteiger charge is 2.14. The first-order chi connectivity index (χ1) is 12.0. The Morgan fingerprint density at radius 1 is 1.00 bits per heavy atom. The highest BCUT2D eigenvalue weighted by molar-refractivity contribution is 6.35. The normalized spacial score (nSPS) is 15.7. The van der Waals surface area contributed by atoms with Crippen molar-refractivity contribution in [3.05, 3.63) is 29.8 Å². The van der Waals surface area contributed by atoms with Crippen molar-refractivity contribution < 1.29 is 9.59 Å². The second-order valence-electron chi connectivity index (χ2n) is 6.71. The molecule has 1 aliphatic rings. The number of carbonyl (C=O) groups excluding carboxylic acids is 2. The van der Waals surface area contributed by atoms with Crippen LogP contribution in [0.1, 0.15) is 52.0 Å². The second-order valence-corrected chi connectivity index (χ2v) is 6.71. The minimum atomic E-state index is -0.755. The van der Waals surface area contributed by atoms with E-state index in [0.29, 0.717) is 5.71 Å². The van der Waals surface area contributed by atoms with Gasteiger partial charge in [-0.3, -0.25) is 9.59 Å². The van der Waals surface area contributed by atoms with Crippen LogP contribution in [-0.4, -0.2) is 36.7 Å². The van der Waals surface area contributed by atoms with E-state index in [1.807, 2.05) is 19.1 Å². The Hall–Kier alpha value is -2.37. The van der Waals surface area contributed by atoms with Crippen LogP contribution < -0.4 is 15.6 Å². The summed E-state index contributed by atoms with van der Waals surface area (Å²) in [5.74, 6) is -1.43. The van der Waals surface area contributed by atoms with Crippen molar-refractivity contribution in [2.24, 2.45) is 5.10 Å². The molecule has 0 radical (unpaired) electrons. The van der Waals surface area contributed by atoms with Crippen molar-refractivity contribution >= 4 is 23.2 Å². The largest absolute Gasteiger partial charge is 0.372 e.